The van der Waals surface area contributed by atoms with Gasteiger partial charge in [0.25, 0.3) is 0 Å². The molecule has 0 bridgehead atoms. The fraction of sp³-hybridized carbons (Fsp3) is 0.600. The number of nitrogens with zero attached hydrogens (tertiary/aromatic N) is 2. The van der Waals surface area contributed by atoms with Gasteiger partial charge in [0.2, 0.25) is 5.91 Å². The van der Waals surface area contributed by atoms with Crippen molar-refractivity contribution in [2.45, 2.75) is 19.4 Å². The van der Waals surface area contributed by atoms with Crippen LogP contribution in [-0.2, 0) is 16.6 Å². The maximum absolute atomic E-state index is 11.6. The topological polar surface area (TPSA) is 82.2 Å². The van der Waals surface area contributed by atoms with E-state index in [0.29, 0.717) is 6.54 Å². The lowest BCUT2D eigenvalue weighted by Gasteiger charge is -2.11. The summed E-state index contributed by atoms with van der Waals surface area (Å²) in [6.07, 6.45) is 1.77. The van der Waals surface area contributed by atoms with Crippen molar-refractivity contribution in [1.29, 1.82) is 0 Å². The Hall–Kier alpha value is -1.40. The molecule has 1 heterocycles. The molecule has 1 atom stereocenters. The van der Waals surface area contributed by atoms with Gasteiger partial charge >= 0.3 is 0 Å². The third kappa shape index (κ3) is 3.32. The summed E-state index contributed by atoms with van der Waals surface area (Å²) in [6.45, 7) is 2.17. The molecule has 90 valence electrons. The van der Waals surface area contributed by atoms with E-state index in [1.807, 2.05) is 6.92 Å². The first-order valence-corrected chi connectivity index (χ1v) is 5.09. The molecule has 1 amide bonds. The Morgan fingerprint density at radius 2 is 2.44 bits per heavy atom. The van der Waals surface area contributed by atoms with Crippen molar-refractivity contribution in [2.24, 2.45) is 12.8 Å². The zero-order valence-electron chi connectivity index (χ0n) is 9.86. The Morgan fingerprint density at radius 3 is 2.88 bits per heavy atom. The Morgan fingerprint density at radius 1 is 1.75 bits per heavy atom. The fourth-order valence-electron chi connectivity index (χ4n) is 1.39. The van der Waals surface area contributed by atoms with Gasteiger partial charge in [0.15, 0.2) is 0 Å². The van der Waals surface area contributed by atoms with E-state index in [0.717, 1.165) is 11.4 Å². The summed E-state index contributed by atoms with van der Waals surface area (Å²) in [7, 11) is 3.35. The van der Waals surface area contributed by atoms with Crippen LogP contribution in [0, 0.1) is 6.92 Å². The number of aryl methyl sites for hydroxylation is 2. The second-order valence-corrected chi connectivity index (χ2v) is 3.65. The summed E-state index contributed by atoms with van der Waals surface area (Å²) < 4.78 is 6.69. The molecule has 0 aliphatic carbocycles. The van der Waals surface area contributed by atoms with Crippen LogP contribution in [0.25, 0.3) is 0 Å². The van der Waals surface area contributed by atoms with Gasteiger partial charge in [0, 0.05) is 26.9 Å². The van der Waals surface area contributed by atoms with E-state index in [9.17, 15) is 4.79 Å². The SMILES string of the molecule is COC(CN)CC(=O)Nc1cn(C)nc1C. The van der Waals surface area contributed by atoms with Crippen LogP contribution in [0.15, 0.2) is 6.20 Å². The lowest BCUT2D eigenvalue weighted by Crippen LogP contribution is -2.28. The quantitative estimate of drug-likeness (QED) is 0.742. The van der Waals surface area contributed by atoms with Crippen molar-refractivity contribution in [2.75, 3.05) is 19.0 Å². The number of amides is 1. The molecule has 6 nitrogen and oxygen atoms in total. The fourth-order valence-corrected chi connectivity index (χ4v) is 1.39. The van der Waals surface area contributed by atoms with Crippen LogP contribution in [0.5, 0.6) is 0 Å². The molecule has 1 unspecified atom stereocenters. The highest BCUT2D eigenvalue weighted by Gasteiger charge is 2.13. The molecule has 1 aromatic heterocycles. The number of carbonyl (C=O) groups excluding carboxylic acids is 1. The normalized spacial score (nSPS) is 12.5. The average molecular weight is 226 g/mol. The number of hydrogen-bond donors (Lipinski definition) is 2. The molecule has 3 N–H and O–H groups in total. The van der Waals surface area contributed by atoms with Gasteiger partial charge in [0.05, 0.1) is 23.9 Å². The maximum Gasteiger partial charge on any atom is 0.227 e. The lowest BCUT2D eigenvalue weighted by atomic mass is 10.2. The van der Waals surface area contributed by atoms with Gasteiger partial charge in [-0.25, -0.2) is 0 Å². The molecule has 0 radical (unpaired) electrons. The van der Waals surface area contributed by atoms with Crippen LogP contribution in [0.3, 0.4) is 0 Å². The van der Waals surface area contributed by atoms with Gasteiger partial charge < -0.3 is 15.8 Å². The van der Waals surface area contributed by atoms with Crippen molar-refractivity contribution in [1.82, 2.24) is 9.78 Å². The standard InChI is InChI=1S/C10H18N4O2/c1-7-9(6-14(2)13-7)12-10(15)4-8(5-11)16-3/h6,8H,4-5,11H2,1-3H3,(H,12,15). The van der Waals surface area contributed by atoms with Crippen molar-refractivity contribution >= 4 is 11.6 Å². The average Bonchev–Trinajstić information content (AvgIpc) is 2.54. The Kier molecular flexibility index (Phi) is 4.45. The van der Waals surface area contributed by atoms with E-state index in [-0.39, 0.29) is 18.4 Å². The summed E-state index contributed by atoms with van der Waals surface area (Å²) in [4.78, 5) is 11.6. The van der Waals surface area contributed by atoms with Crippen molar-refractivity contribution in [3.05, 3.63) is 11.9 Å². The number of hydrogen-bond acceptors (Lipinski definition) is 4. The predicted octanol–water partition coefficient (Wildman–Crippen LogP) is 0.0308. The molecule has 0 aliphatic rings. The maximum atomic E-state index is 11.6. The van der Waals surface area contributed by atoms with Crippen molar-refractivity contribution < 1.29 is 9.53 Å². The van der Waals surface area contributed by atoms with Gasteiger partial charge in [-0.15, -0.1) is 0 Å². The van der Waals surface area contributed by atoms with Crippen LogP contribution in [0.2, 0.25) is 0 Å². The van der Waals surface area contributed by atoms with Crippen LogP contribution < -0.4 is 11.1 Å². The number of carbonyl (C=O) groups is 1. The molecule has 0 saturated carbocycles. The van der Waals surface area contributed by atoms with E-state index in [4.69, 9.17) is 10.5 Å². The van der Waals surface area contributed by atoms with Crippen LogP contribution in [-0.4, -0.2) is 35.4 Å². The Bertz CT molecular complexity index is 358. The first-order chi connectivity index (χ1) is 7.56. The molecule has 0 aromatic carbocycles. The monoisotopic (exact) mass is 226 g/mol. The molecule has 16 heavy (non-hydrogen) atoms. The zero-order chi connectivity index (χ0) is 12.1. The number of ether oxygens (including phenoxy) is 1. The molecule has 6 heteroatoms. The summed E-state index contributed by atoms with van der Waals surface area (Å²) in [5.41, 5.74) is 6.95. The number of nitrogens with two attached hydrogens (primary N) is 1. The van der Waals surface area contributed by atoms with Crippen molar-refractivity contribution in [3.63, 3.8) is 0 Å². The number of methoxy groups -OCH3 is 1. The molecule has 1 rings (SSSR count). The minimum Gasteiger partial charge on any atom is -0.380 e. The summed E-state index contributed by atoms with van der Waals surface area (Å²) in [5, 5.41) is 6.90. The minimum atomic E-state index is -0.239. The Balaban J connectivity index is 2.54. The van der Waals surface area contributed by atoms with E-state index in [2.05, 4.69) is 10.4 Å². The van der Waals surface area contributed by atoms with E-state index in [1.54, 1.807) is 25.0 Å². The molecular weight excluding hydrogens is 208 g/mol. The second-order valence-electron chi connectivity index (χ2n) is 3.65. The van der Waals surface area contributed by atoms with E-state index >= 15 is 0 Å². The minimum absolute atomic E-state index is 0.117. The third-order valence-corrected chi connectivity index (χ3v) is 2.30. The number of rotatable bonds is 5. The molecule has 0 spiro atoms. The second kappa shape index (κ2) is 5.62. The van der Waals surface area contributed by atoms with Gasteiger partial charge in [-0.2, -0.15) is 5.10 Å². The highest BCUT2D eigenvalue weighted by molar-refractivity contribution is 5.91. The lowest BCUT2D eigenvalue weighted by molar-refractivity contribution is -0.118. The molecule has 1 aromatic rings. The van der Waals surface area contributed by atoms with Crippen LogP contribution in [0.4, 0.5) is 5.69 Å². The summed E-state index contributed by atoms with van der Waals surface area (Å²) in [6, 6.07) is 0. The van der Waals surface area contributed by atoms with Crippen LogP contribution >= 0.6 is 0 Å². The largest absolute Gasteiger partial charge is 0.380 e. The van der Waals surface area contributed by atoms with Gasteiger partial charge in [-0.1, -0.05) is 0 Å². The molecule has 0 aliphatic heterocycles. The first-order valence-electron chi connectivity index (χ1n) is 5.09. The number of nitrogens with one attached hydrogen (secondary N) is 1. The summed E-state index contributed by atoms with van der Waals surface area (Å²) in [5.74, 6) is -0.117. The van der Waals surface area contributed by atoms with Crippen LogP contribution in [0.1, 0.15) is 12.1 Å². The third-order valence-electron chi connectivity index (χ3n) is 2.30. The zero-order valence-corrected chi connectivity index (χ0v) is 9.86. The highest BCUT2D eigenvalue weighted by Crippen LogP contribution is 2.12. The van der Waals surface area contributed by atoms with E-state index < -0.39 is 0 Å². The smallest absolute Gasteiger partial charge is 0.227 e. The molecule has 0 saturated heterocycles. The molecular formula is C10H18N4O2. The highest BCUT2D eigenvalue weighted by atomic mass is 16.5. The predicted molar refractivity (Wildman–Crippen MR) is 61.0 cm³/mol. The number of aromatic nitrogens is 2. The first kappa shape index (κ1) is 12.7. The molecule has 0 fully saturated rings. The van der Waals surface area contributed by atoms with Gasteiger partial charge in [-0.05, 0) is 6.92 Å². The Labute approximate surface area is 94.8 Å². The van der Waals surface area contributed by atoms with Crippen molar-refractivity contribution in [3.8, 4) is 0 Å². The summed E-state index contributed by atoms with van der Waals surface area (Å²) >= 11 is 0. The number of anilines is 1. The van der Waals surface area contributed by atoms with Gasteiger partial charge in [-0.3, -0.25) is 9.48 Å². The van der Waals surface area contributed by atoms with Gasteiger partial charge in [0.1, 0.15) is 0 Å². The van der Waals surface area contributed by atoms with E-state index in [1.165, 1.54) is 0 Å².